The fraction of sp³-hybridized carbons (Fsp3) is 0.333. The van der Waals surface area contributed by atoms with Gasteiger partial charge in [0.15, 0.2) is 0 Å². The summed E-state index contributed by atoms with van der Waals surface area (Å²) in [6.45, 7) is 1.39. The van der Waals surface area contributed by atoms with E-state index < -0.39 is 5.41 Å². The normalized spacial score (nSPS) is 18.1. The van der Waals surface area contributed by atoms with Crippen molar-refractivity contribution in [2.75, 3.05) is 32.1 Å². The second-order valence-corrected chi connectivity index (χ2v) is 7.04. The van der Waals surface area contributed by atoms with Crippen LogP contribution in [0.5, 0.6) is 11.5 Å². The zero-order valence-electron chi connectivity index (χ0n) is 15.2. The molecule has 2 aromatic rings. The summed E-state index contributed by atoms with van der Waals surface area (Å²) in [4.78, 5) is 27.4. The van der Waals surface area contributed by atoms with E-state index in [1.54, 1.807) is 36.3 Å². The van der Waals surface area contributed by atoms with Crippen LogP contribution >= 0.6 is 0 Å². The molecule has 0 saturated carbocycles. The standard InChI is InChI=1S/C21H22N2O4/c1-26-16-8-6-15(7-9-16)19(24)23-12-10-21(11-13-23)14-27-18-5-3-2-4-17(18)22-20(21)25/h2-9H,10-14H2,1H3,(H,22,25). The van der Waals surface area contributed by atoms with E-state index in [9.17, 15) is 9.59 Å². The van der Waals surface area contributed by atoms with Crippen molar-refractivity contribution in [1.82, 2.24) is 4.90 Å². The molecular weight excluding hydrogens is 344 g/mol. The number of amides is 2. The minimum atomic E-state index is -0.601. The lowest BCUT2D eigenvalue weighted by Gasteiger charge is -2.39. The molecule has 0 atom stereocenters. The Labute approximate surface area is 158 Å². The number of likely N-dealkylation sites (tertiary alicyclic amines) is 1. The van der Waals surface area contributed by atoms with Crippen LogP contribution in [0.3, 0.4) is 0 Å². The monoisotopic (exact) mass is 366 g/mol. The number of carbonyl (C=O) groups is 2. The van der Waals surface area contributed by atoms with Crippen molar-refractivity contribution in [1.29, 1.82) is 0 Å². The predicted octanol–water partition coefficient (Wildman–Crippen LogP) is 2.95. The smallest absolute Gasteiger partial charge is 0.253 e. The summed E-state index contributed by atoms with van der Waals surface area (Å²) in [5, 5.41) is 2.99. The summed E-state index contributed by atoms with van der Waals surface area (Å²) in [6, 6.07) is 14.6. The van der Waals surface area contributed by atoms with Gasteiger partial charge in [-0.15, -0.1) is 0 Å². The van der Waals surface area contributed by atoms with Gasteiger partial charge >= 0.3 is 0 Å². The molecule has 0 unspecified atom stereocenters. The minimum Gasteiger partial charge on any atom is -0.497 e. The second kappa shape index (κ2) is 6.95. The lowest BCUT2D eigenvalue weighted by Crippen LogP contribution is -2.50. The highest BCUT2D eigenvalue weighted by molar-refractivity contribution is 5.98. The summed E-state index contributed by atoms with van der Waals surface area (Å²) in [5.41, 5.74) is 0.729. The number of hydrogen-bond acceptors (Lipinski definition) is 4. The van der Waals surface area contributed by atoms with E-state index >= 15 is 0 Å². The number of carbonyl (C=O) groups excluding carboxylic acids is 2. The van der Waals surface area contributed by atoms with E-state index in [2.05, 4.69) is 5.32 Å². The van der Waals surface area contributed by atoms with Crippen LogP contribution in [0.2, 0.25) is 0 Å². The third-order valence-corrected chi connectivity index (χ3v) is 5.47. The molecule has 2 amide bonds. The molecule has 1 fully saturated rings. The zero-order valence-corrected chi connectivity index (χ0v) is 15.2. The van der Waals surface area contributed by atoms with Crippen LogP contribution in [0, 0.1) is 5.41 Å². The Kier molecular flexibility index (Phi) is 4.48. The number of anilines is 1. The molecule has 1 saturated heterocycles. The van der Waals surface area contributed by atoms with Crippen molar-refractivity contribution in [2.24, 2.45) is 5.41 Å². The highest BCUT2D eigenvalue weighted by atomic mass is 16.5. The molecule has 2 aromatic carbocycles. The van der Waals surface area contributed by atoms with Crippen LogP contribution in [0.4, 0.5) is 5.69 Å². The molecule has 0 aromatic heterocycles. The SMILES string of the molecule is COc1ccc(C(=O)N2CCC3(CC2)COc2ccccc2NC3=O)cc1. The van der Waals surface area contributed by atoms with E-state index in [1.165, 1.54) is 0 Å². The van der Waals surface area contributed by atoms with Crippen molar-refractivity contribution in [3.05, 3.63) is 54.1 Å². The van der Waals surface area contributed by atoms with Crippen LogP contribution in [-0.2, 0) is 4.79 Å². The summed E-state index contributed by atoms with van der Waals surface area (Å²) in [6.07, 6.45) is 1.16. The van der Waals surface area contributed by atoms with Gasteiger partial charge < -0.3 is 19.7 Å². The van der Waals surface area contributed by atoms with Crippen LogP contribution in [-0.4, -0.2) is 43.5 Å². The van der Waals surface area contributed by atoms with Crippen molar-refractivity contribution in [3.8, 4) is 11.5 Å². The first-order valence-electron chi connectivity index (χ1n) is 9.08. The first kappa shape index (κ1) is 17.4. The van der Waals surface area contributed by atoms with Crippen molar-refractivity contribution in [2.45, 2.75) is 12.8 Å². The number of piperidine rings is 1. The Morgan fingerprint density at radius 3 is 2.52 bits per heavy atom. The lowest BCUT2D eigenvalue weighted by molar-refractivity contribution is -0.129. The Balaban J connectivity index is 1.45. The number of rotatable bonds is 2. The number of fused-ring (bicyclic) bond motifs is 1. The van der Waals surface area contributed by atoms with E-state index in [0.717, 1.165) is 5.75 Å². The first-order valence-corrected chi connectivity index (χ1v) is 9.08. The van der Waals surface area contributed by atoms with E-state index in [4.69, 9.17) is 9.47 Å². The number of methoxy groups -OCH3 is 1. The van der Waals surface area contributed by atoms with Gasteiger partial charge in [0, 0.05) is 18.7 Å². The summed E-state index contributed by atoms with van der Waals surface area (Å²) in [5.74, 6) is 1.37. The average molecular weight is 366 g/mol. The molecule has 6 nitrogen and oxygen atoms in total. The number of hydrogen-bond donors (Lipinski definition) is 1. The first-order chi connectivity index (χ1) is 13.1. The summed E-state index contributed by atoms with van der Waals surface area (Å²) in [7, 11) is 1.60. The molecular formula is C21H22N2O4. The molecule has 1 spiro atoms. The Bertz CT molecular complexity index is 855. The maximum absolute atomic E-state index is 12.9. The summed E-state index contributed by atoms with van der Waals surface area (Å²) < 4.78 is 11.1. The molecule has 4 rings (SSSR count). The van der Waals surface area contributed by atoms with Gasteiger partial charge in [-0.1, -0.05) is 12.1 Å². The Morgan fingerprint density at radius 1 is 1.11 bits per heavy atom. The predicted molar refractivity (Wildman–Crippen MR) is 101 cm³/mol. The minimum absolute atomic E-state index is 0.0225. The summed E-state index contributed by atoms with van der Waals surface area (Å²) >= 11 is 0. The van der Waals surface area contributed by atoms with E-state index in [1.807, 2.05) is 24.3 Å². The fourth-order valence-corrected chi connectivity index (χ4v) is 3.66. The van der Waals surface area contributed by atoms with Crippen LogP contribution in [0.1, 0.15) is 23.2 Å². The number of nitrogens with zero attached hydrogens (tertiary/aromatic N) is 1. The van der Waals surface area contributed by atoms with Crippen molar-refractivity contribution >= 4 is 17.5 Å². The largest absolute Gasteiger partial charge is 0.497 e. The topological polar surface area (TPSA) is 67.9 Å². The third kappa shape index (κ3) is 3.23. The molecule has 6 heteroatoms. The Morgan fingerprint density at radius 2 is 1.81 bits per heavy atom. The highest BCUT2D eigenvalue weighted by Crippen LogP contribution is 2.38. The van der Waals surface area contributed by atoms with Gasteiger partial charge in [0.2, 0.25) is 5.91 Å². The molecule has 1 N–H and O–H groups in total. The van der Waals surface area contributed by atoms with Crippen LogP contribution < -0.4 is 14.8 Å². The maximum atomic E-state index is 12.9. The van der Waals surface area contributed by atoms with Gasteiger partial charge in [-0.2, -0.15) is 0 Å². The molecule has 0 radical (unpaired) electrons. The molecule has 2 aliphatic heterocycles. The van der Waals surface area contributed by atoms with E-state index in [-0.39, 0.29) is 11.8 Å². The van der Waals surface area contributed by atoms with Gasteiger partial charge in [0.05, 0.1) is 18.2 Å². The lowest BCUT2D eigenvalue weighted by atomic mass is 9.78. The van der Waals surface area contributed by atoms with Crippen LogP contribution in [0.25, 0.3) is 0 Å². The van der Waals surface area contributed by atoms with Gasteiger partial charge in [-0.3, -0.25) is 9.59 Å². The number of para-hydroxylation sites is 2. The average Bonchev–Trinajstić information content (AvgIpc) is 2.85. The van der Waals surface area contributed by atoms with Gasteiger partial charge in [-0.25, -0.2) is 0 Å². The number of benzene rings is 2. The molecule has 2 heterocycles. The molecule has 2 aliphatic rings. The fourth-order valence-electron chi connectivity index (χ4n) is 3.66. The number of ether oxygens (including phenoxy) is 2. The highest BCUT2D eigenvalue weighted by Gasteiger charge is 2.44. The second-order valence-electron chi connectivity index (χ2n) is 7.04. The number of nitrogens with one attached hydrogen (secondary N) is 1. The molecule has 0 bridgehead atoms. The quantitative estimate of drug-likeness (QED) is 0.887. The van der Waals surface area contributed by atoms with Gasteiger partial charge in [0.1, 0.15) is 18.1 Å². The molecule has 140 valence electrons. The third-order valence-electron chi connectivity index (χ3n) is 5.47. The Hall–Kier alpha value is -3.02. The molecule has 0 aliphatic carbocycles. The van der Waals surface area contributed by atoms with Crippen molar-refractivity contribution in [3.63, 3.8) is 0 Å². The molecule has 27 heavy (non-hydrogen) atoms. The zero-order chi connectivity index (χ0) is 18.9. The van der Waals surface area contributed by atoms with Gasteiger partial charge in [0.25, 0.3) is 5.91 Å². The van der Waals surface area contributed by atoms with Crippen LogP contribution in [0.15, 0.2) is 48.5 Å². The van der Waals surface area contributed by atoms with E-state index in [0.29, 0.717) is 49.5 Å². The van der Waals surface area contributed by atoms with Gasteiger partial charge in [-0.05, 0) is 49.2 Å². The van der Waals surface area contributed by atoms with Crippen molar-refractivity contribution < 1.29 is 19.1 Å². The maximum Gasteiger partial charge on any atom is 0.253 e.